The van der Waals surface area contributed by atoms with Crippen molar-refractivity contribution in [2.24, 2.45) is 0 Å². The van der Waals surface area contributed by atoms with E-state index in [1.807, 2.05) is 0 Å². The SMILES string of the molecule is COCC1CCCN1C(=O)c1cncc(C(=O)O)c1. The van der Waals surface area contributed by atoms with E-state index < -0.39 is 5.97 Å². The van der Waals surface area contributed by atoms with Gasteiger partial charge in [0.1, 0.15) is 0 Å². The maximum Gasteiger partial charge on any atom is 0.337 e. The van der Waals surface area contributed by atoms with Crippen LogP contribution in [0.25, 0.3) is 0 Å². The second-order valence-electron chi connectivity index (χ2n) is 4.52. The standard InChI is InChI=1S/C13H16N2O4/c1-19-8-11-3-2-4-15(11)12(16)9-5-10(13(17)18)7-14-6-9/h5-7,11H,2-4,8H2,1H3,(H,17,18). The molecule has 0 aliphatic carbocycles. The average molecular weight is 264 g/mol. The van der Waals surface area contributed by atoms with Crippen molar-refractivity contribution in [3.8, 4) is 0 Å². The van der Waals surface area contributed by atoms with Crippen molar-refractivity contribution in [2.45, 2.75) is 18.9 Å². The van der Waals surface area contributed by atoms with Crippen LogP contribution in [0.3, 0.4) is 0 Å². The number of hydrogen-bond acceptors (Lipinski definition) is 4. The van der Waals surface area contributed by atoms with Gasteiger partial charge in [0.15, 0.2) is 0 Å². The Morgan fingerprint density at radius 3 is 2.89 bits per heavy atom. The number of aromatic carboxylic acids is 1. The Morgan fingerprint density at radius 2 is 2.21 bits per heavy atom. The van der Waals surface area contributed by atoms with E-state index in [0.29, 0.717) is 18.7 Å². The van der Waals surface area contributed by atoms with Crippen molar-refractivity contribution in [2.75, 3.05) is 20.3 Å². The second-order valence-corrected chi connectivity index (χ2v) is 4.52. The molecule has 1 N–H and O–H groups in total. The van der Waals surface area contributed by atoms with Gasteiger partial charge in [0.25, 0.3) is 5.91 Å². The summed E-state index contributed by atoms with van der Waals surface area (Å²) in [6.07, 6.45) is 4.48. The molecule has 1 amide bonds. The maximum absolute atomic E-state index is 12.3. The van der Waals surface area contributed by atoms with Gasteiger partial charge in [0, 0.05) is 26.0 Å². The number of ether oxygens (including phenoxy) is 1. The topological polar surface area (TPSA) is 79.7 Å². The zero-order valence-corrected chi connectivity index (χ0v) is 10.7. The largest absolute Gasteiger partial charge is 0.478 e. The first-order valence-corrected chi connectivity index (χ1v) is 6.11. The van der Waals surface area contributed by atoms with E-state index in [2.05, 4.69) is 4.98 Å². The number of rotatable bonds is 4. The molecular formula is C13H16N2O4. The summed E-state index contributed by atoms with van der Waals surface area (Å²) in [5, 5.41) is 8.91. The van der Waals surface area contributed by atoms with Gasteiger partial charge in [0.2, 0.25) is 0 Å². The lowest BCUT2D eigenvalue weighted by atomic mass is 10.1. The summed E-state index contributed by atoms with van der Waals surface area (Å²) in [5.74, 6) is -1.27. The summed E-state index contributed by atoms with van der Waals surface area (Å²) < 4.78 is 5.10. The molecule has 0 aromatic carbocycles. The number of carboxylic acids is 1. The number of carbonyl (C=O) groups is 2. The zero-order valence-electron chi connectivity index (χ0n) is 10.7. The highest BCUT2D eigenvalue weighted by atomic mass is 16.5. The Kier molecular flexibility index (Phi) is 4.11. The predicted octanol–water partition coefficient (Wildman–Crippen LogP) is 1.03. The molecule has 102 valence electrons. The van der Waals surface area contributed by atoms with Crippen LogP contribution in [0.15, 0.2) is 18.5 Å². The predicted molar refractivity (Wildman–Crippen MR) is 67.1 cm³/mol. The van der Waals surface area contributed by atoms with E-state index >= 15 is 0 Å². The minimum absolute atomic E-state index is 0.0216. The highest BCUT2D eigenvalue weighted by Crippen LogP contribution is 2.20. The minimum atomic E-state index is -1.09. The average Bonchev–Trinajstić information content (AvgIpc) is 2.86. The normalized spacial score (nSPS) is 18.6. The molecule has 2 rings (SSSR count). The number of carboxylic acid groups (broad SMARTS) is 1. The van der Waals surface area contributed by atoms with Crippen LogP contribution in [0.1, 0.15) is 33.6 Å². The van der Waals surface area contributed by atoms with Crippen LogP contribution in [-0.4, -0.2) is 53.2 Å². The van der Waals surface area contributed by atoms with E-state index in [9.17, 15) is 9.59 Å². The van der Waals surface area contributed by atoms with E-state index in [4.69, 9.17) is 9.84 Å². The molecule has 0 radical (unpaired) electrons. The molecule has 0 bridgehead atoms. The molecular weight excluding hydrogens is 248 g/mol. The third-order valence-electron chi connectivity index (χ3n) is 3.23. The molecule has 6 heteroatoms. The van der Waals surface area contributed by atoms with Gasteiger partial charge in [-0.05, 0) is 18.9 Å². The molecule has 0 spiro atoms. The van der Waals surface area contributed by atoms with Crippen molar-refractivity contribution in [3.63, 3.8) is 0 Å². The number of methoxy groups -OCH3 is 1. The van der Waals surface area contributed by atoms with Crippen LogP contribution in [-0.2, 0) is 4.74 Å². The highest BCUT2D eigenvalue weighted by Gasteiger charge is 2.29. The summed E-state index contributed by atoms with van der Waals surface area (Å²) in [7, 11) is 1.60. The molecule has 1 atom stereocenters. The Balaban J connectivity index is 2.19. The van der Waals surface area contributed by atoms with Crippen LogP contribution in [0.2, 0.25) is 0 Å². The first-order chi connectivity index (χ1) is 9.13. The molecule has 1 fully saturated rings. The maximum atomic E-state index is 12.3. The molecule has 1 unspecified atom stereocenters. The van der Waals surface area contributed by atoms with Crippen LogP contribution in [0.4, 0.5) is 0 Å². The number of hydrogen-bond donors (Lipinski definition) is 1. The highest BCUT2D eigenvalue weighted by molar-refractivity contribution is 5.97. The Morgan fingerprint density at radius 1 is 1.47 bits per heavy atom. The minimum Gasteiger partial charge on any atom is -0.478 e. The fourth-order valence-electron chi connectivity index (χ4n) is 2.31. The van der Waals surface area contributed by atoms with E-state index in [-0.39, 0.29) is 17.5 Å². The lowest BCUT2D eigenvalue weighted by Crippen LogP contribution is -2.38. The third-order valence-corrected chi connectivity index (χ3v) is 3.23. The lowest BCUT2D eigenvalue weighted by molar-refractivity contribution is 0.0630. The molecule has 19 heavy (non-hydrogen) atoms. The first kappa shape index (κ1) is 13.5. The summed E-state index contributed by atoms with van der Waals surface area (Å²) in [6, 6.07) is 1.42. The van der Waals surface area contributed by atoms with Crippen LogP contribution in [0.5, 0.6) is 0 Å². The van der Waals surface area contributed by atoms with Gasteiger partial charge in [-0.2, -0.15) is 0 Å². The summed E-state index contributed by atoms with van der Waals surface area (Å²) in [4.78, 5) is 28.8. The summed E-state index contributed by atoms with van der Waals surface area (Å²) in [5.41, 5.74) is 0.330. The van der Waals surface area contributed by atoms with E-state index in [0.717, 1.165) is 12.8 Å². The number of aromatic nitrogens is 1. The molecule has 2 heterocycles. The number of amides is 1. The van der Waals surface area contributed by atoms with Crippen molar-refractivity contribution in [3.05, 3.63) is 29.6 Å². The molecule has 1 saturated heterocycles. The van der Waals surface area contributed by atoms with E-state index in [1.165, 1.54) is 18.5 Å². The van der Waals surface area contributed by atoms with E-state index in [1.54, 1.807) is 12.0 Å². The number of nitrogens with zero attached hydrogens (tertiary/aromatic N) is 2. The smallest absolute Gasteiger partial charge is 0.337 e. The first-order valence-electron chi connectivity index (χ1n) is 6.11. The fourth-order valence-corrected chi connectivity index (χ4v) is 2.31. The summed E-state index contributed by atoms with van der Waals surface area (Å²) in [6.45, 7) is 1.17. The number of likely N-dealkylation sites (tertiary alicyclic amines) is 1. The number of pyridine rings is 1. The Hall–Kier alpha value is -1.95. The molecule has 0 saturated carbocycles. The van der Waals surface area contributed by atoms with Gasteiger partial charge < -0.3 is 14.7 Å². The van der Waals surface area contributed by atoms with Crippen LogP contribution >= 0.6 is 0 Å². The molecule has 6 nitrogen and oxygen atoms in total. The van der Waals surface area contributed by atoms with Crippen LogP contribution in [0, 0.1) is 0 Å². The van der Waals surface area contributed by atoms with Crippen molar-refractivity contribution < 1.29 is 19.4 Å². The van der Waals surface area contributed by atoms with Gasteiger partial charge in [-0.3, -0.25) is 9.78 Å². The van der Waals surface area contributed by atoms with Crippen LogP contribution < -0.4 is 0 Å². The van der Waals surface area contributed by atoms with Crippen molar-refractivity contribution in [1.82, 2.24) is 9.88 Å². The second kappa shape index (κ2) is 5.79. The molecule has 1 aliphatic rings. The third kappa shape index (κ3) is 2.90. The Labute approximate surface area is 111 Å². The van der Waals surface area contributed by atoms with Gasteiger partial charge in [-0.25, -0.2) is 4.79 Å². The number of carbonyl (C=O) groups excluding carboxylic acids is 1. The van der Waals surface area contributed by atoms with Gasteiger partial charge in [-0.15, -0.1) is 0 Å². The van der Waals surface area contributed by atoms with Gasteiger partial charge in [0.05, 0.1) is 23.8 Å². The zero-order chi connectivity index (χ0) is 13.8. The molecule has 1 aromatic heterocycles. The monoisotopic (exact) mass is 264 g/mol. The lowest BCUT2D eigenvalue weighted by Gasteiger charge is -2.24. The fraction of sp³-hybridized carbons (Fsp3) is 0.462. The summed E-state index contributed by atoms with van der Waals surface area (Å²) >= 11 is 0. The van der Waals surface area contributed by atoms with Crippen molar-refractivity contribution in [1.29, 1.82) is 0 Å². The van der Waals surface area contributed by atoms with Crippen molar-refractivity contribution >= 4 is 11.9 Å². The quantitative estimate of drug-likeness (QED) is 0.878. The molecule has 1 aliphatic heterocycles. The van der Waals surface area contributed by atoms with Gasteiger partial charge >= 0.3 is 5.97 Å². The Bertz CT molecular complexity index is 489. The van der Waals surface area contributed by atoms with Gasteiger partial charge in [-0.1, -0.05) is 0 Å². The molecule has 1 aromatic rings.